The van der Waals surface area contributed by atoms with E-state index in [0.29, 0.717) is 18.2 Å². The Labute approximate surface area is 91.1 Å². The first kappa shape index (κ1) is 10.3. The third kappa shape index (κ3) is 1.67. The highest BCUT2D eigenvalue weighted by Crippen LogP contribution is 2.11. The van der Waals surface area contributed by atoms with Crippen LogP contribution in [0.4, 0.5) is 5.82 Å². The topological polar surface area (TPSA) is 92.4 Å². The van der Waals surface area contributed by atoms with Crippen molar-refractivity contribution in [3.8, 4) is 0 Å². The number of aromatic carboxylic acids is 1. The number of anilines is 1. The number of nitrogens with zero attached hydrogens (tertiary/aromatic N) is 4. The first-order valence-corrected chi connectivity index (χ1v) is 4.83. The smallest absolute Gasteiger partial charge is 0.354 e. The molecule has 0 saturated heterocycles. The van der Waals surface area contributed by atoms with Gasteiger partial charge in [0.25, 0.3) is 5.78 Å². The Morgan fingerprint density at radius 1 is 1.56 bits per heavy atom. The predicted octanol–water partition coefficient (Wildman–Crippen LogP) is 0.563. The maximum atomic E-state index is 10.9. The van der Waals surface area contributed by atoms with Gasteiger partial charge >= 0.3 is 5.97 Å². The summed E-state index contributed by atoms with van der Waals surface area (Å²) in [6, 6.07) is 1.44. The minimum atomic E-state index is -1.08. The Morgan fingerprint density at radius 2 is 2.31 bits per heavy atom. The summed E-state index contributed by atoms with van der Waals surface area (Å²) in [5, 5.41) is 16.0. The number of rotatable bonds is 3. The van der Waals surface area contributed by atoms with Gasteiger partial charge in [0.1, 0.15) is 11.6 Å². The molecule has 0 aliphatic carbocycles. The second-order valence-electron chi connectivity index (χ2n) is 3.23. The Bertz CT molecular complexity index is 548. The van der Waals surface area contributed by atoms with Gasteiger partial charge in [0, 0.05) is 12.6 Å². The van der Waals surface area contributed by atoms with Crippen LogP contribution in [-0.4, -0.2) is 37.2 Å². The van der Waals surface area contributed by atoms with Crippen molar-refractivity contribution >= 4 is 17.6 Å². The number of hydrogen-bond donors (Lipinski definition) is 2. The summed E-state index contributed by atoms with van der Waals surface area (Å²) < 4.78 is 1.49. The van der Waals surface area contributed by atoms with Gasteiger partial charge in [-0.25, -0.2) is 9.78 Å². The second kappa shape index (κ2) is 3.76. The highest BCUT2D eigenvalue weighted by atomic mass is 16.4. The van der Waals surface area contributed by atoms with Crippen LogP contribution in [0, 0.1) is 6.92 Å². The molecule has 0 radical (unpaired) electrons. The predicted molar refractivity (Wildman–Crippen MR) is 56.6 cm³/mol. The summed E-state index contributed by atoms with van der Waals surface area (Å²) in [5.41, 5.74) is -0.0455. The van der Waals surface area contributed by atoms with E-state index in [4.69, 9.17) is 5.11 Å². The van der Waals surface area contributed by atoms with Crippen LogP contribution in [0.2, 0.25) is 0 Å². The molecule has 0 aromatic carbocycles. The van der Waals surface area contributed by atoms with Crippen LogP contribution in [0.15, 0.2) is 6.07 Å². The zero-order chi connectivity index (χ0) is 11.7. The number of carboxylic acids is 1. The number of aryl methyl sites for hydroxylation is 1. The van der Waals surface area contributed by atoms with Gasteiger partial charge in [-0.3, -0.25) is 0 Å². The van der Waals surface area contributed by atoms with Crippen LogP contribution in [0.3, 0.4) is 0 Å². The molecular weight excluding hydrogens is 210 g/mol. The molecule has 0 bridgehead atoms. The summed E-state index contributed by atoms with van der Waals surface area (Å²) in [4.78, 5) is 18.8. The van der Waals surface area contributed by atoms with Gasteiger partial charge in [0.2, 0.25) is 0 Å². The average Bonchev–Trinajstić information content (AvgIpc) is 2.58. The van der Waals surface area contributed by atoms with Gasteiger partial charge in [0.05, 0.1) is 0 Å². The molecule has 0 saturated carbocycles. The fraction of sp³-hybridized carbons (Fsp3) is 0.333. The van der Waals surface area contributed by atoms with Crippen LogP contribution in [0.5, 0.6) is 0 Å². The third-order valence-electron chi connectivity index (χ3n) is 2.00. The largest absolute Gasteiger partial charge is 0.477 e. The zero-order valence-corrected chi connectivity index (χ0v) is 8.93. The lowest BCUT2D eigenvalue weighted by Crippen LogP contribution is -2.09. The molecule has 0 unspecified atom stereocenters. The maximum absolute atomic E-state index is 10.9. The molecule has 0 spiro atoms. The lowest BCUT2D eigenvalue weighted by atomic mass is 10.4. The van der Waals surface area contributed by atoms with Gasteiger partial charge < -0.3 is 10.4 Å². The van der Waals surface area contributed by atoms with Crippen molar-refractivity contribution < 1.29 is 9.90 Å². The van der Waals surface area contributed by atoms with E-state index in [2.05, 4.69) is 20.4 Å². The Kier molecular flexibility index (Phi) is 2.43. The van der Waals surface area contributed by atoms with Gasteiger partial charge in [-0.15, -0.1) is 5.10 Å². The molecule has 2 N–H and O–H groups in total. The summed E-state index contributed by atoms with van der Waals surface area (Å²) in [6.07, 6.45) is 0. The number of hydrogen-bond acceptors (Lipinski definition) is 5. The molecule has 0 aliphatic heterocycles. The van der Waals surface area contributed by atoms with E-state index in [1.165, 1.54) is 10.6 Å². The van der Waals surface area contributed by atoms with Crippen LogP contribution in [0.25, 0.3) is 5.78 Å². The van der Waals surface area contributed by atoms with Gasteiger partial charge in [-0.1, -0.05) is 0 Å². The van der Waals surface area contributed by atoms with E-state index in [1.54, 1.807) is 6.92 Å². The molecule has 2 aromatic rings. The Balaban J connectivity index is 2.67. The minimum Gasteiger partial charge on any atom is -0.477 e. The summed E-state index contributed by atoms with van der Waals surface area (Å²) in [7, 11) is 0. The second-order valence-corrected chi connectivity index (χ2v) is 3.23. The van der Waals surface area contributed by atoms with Gasteiger partial charge in [0.15, 0.2) is 5.69 Å². The standard InChI is InChI=1S/C9H11N5O2/c1-3-10-7-4-6(8(15)16)12-9-11-5(2)13-14(7)9/h4,10H,3H2,1-2H3,(H,15,16). The lowest BCUT2D eigenvalue weighted by molar-refractivity contribution is 0.0690. The number of fused-ring (bicyclic) bond motifs is 1. The maximum Gasteiger partial charge on any atom is 0.354 e. The normalized spacial score (nSPS) is 10.6. The van der Waals surface area contributed by atoms with E-state index in [0.717, 1.165) is 0 Å². The van der Waals surface area contributed by atoms with E-state index < -0.39 is 5.97 Å². The molecule has 2 rings (SSSR count). The summed E-state index contributed by atoms with van der Waals surface area (Å²) >= 11 is 0. The lowest BCUT2D eigenvalue weighted by Gasteiger charge is -2.05. The van der Waals surface area contributed by atoms with Crippen LogP contribution in [0.1, 0.15) is 23.2 Å². The molecule has 16 heavy (non-hydrogen) atoms. The highest BCUT2D eigenvalue weighted by Gasteiger charge is 2.12. The molecule has 7 heteroatoms. The SMILES string of the molecule is CCNc1cc(C(=O)O)nc2nc(C)nn12. The molecule has 2 aromatic heterocycles. The third-order valence-corrected chi connectivity index (χ3v) is 2.00. The monoisotopic (exact) mass is 221 g/mol. The van der Waals surface area contributed by atoms with Crippen molar-refractivity contribution in [1.82, 2.24) is 19.6 Å². The minimum absolute atomic E-state index is 0.0455. The fourth-order valence-electron chi connectivity index (χ4n) is 1.39. The Morgan fingerprint density at radius 3 is 2.94 bits per heavy atom. The van der Waals surface area contributed by atoms with Crippen molar-refractivity contribution in [2.24, 2.45) is 0 Å². The van der Waals surface area contributed by atoms with Crippen molar-refractivity contribution in [2.45, 2.75) is 13.8 Å². The number of carbonyl (C=O) groups is 1. The molecule has 84 valence electrons. The number of carboxylic acid groups (broad SMARTS) is 1. The molecule has 7 nitrogen and oxygen atoms in total. The van der Waals surface area contributed by atoms with E-state index in [9.17, 15) is 4.79 Å². The molecule has 2 heterocycles. The number of aromatic nitrogens is 4. The van der Waals surface area contributed by atoms with E-state index in [-0.39, 0.29) is 11.5 Å². The summed E-state index contributed by atoms with van der Waals surface area (Å²) in [5.74, 6) is 0.329. The van der Waals surface area contributed by atoms with Crippen LogP contribution in [-0.2, 0) is 0 Å². The van der Waals surface area contributed by atoms with Gasteiger partial charge in [-0.05, 0) is 13.8 Å². The molecule has 0 fully saturated rings. The highest BCUT2D eigenvalue weighted by molar-refractivity contribution is 5.86. The average molecular weight is 221 g/mol. The fourth-order valence-corrected chi connectivity index (χ4v) is 1.39. The Hall–Kier alpha value is -2.18. The van der Waals surface area contributed by atoms with Crippen molar-refractivity contribution in [1.29, 1.82) is 0 Å². The molecule has 0 aliphatic rings. The quantitative estimate of drug-likeness (QED) is 0.786. The zero-order valence-electron chi connectivity index (χ0n) is 8.93. The van der Waals surface area contributed by atoms with E-state index in [1.807, 2.05) is 6.92 Å². The van der Waals surface area contributed by atoms with Crippen molar-refractivity contribution in [3.05, 3.63) is 17.6 Å². The van der Waals surface area contributed by atoms with Crippen molar-refractivity contribution in [2.75, 3.05) is 11.9 Å². The molecule has 0 atom stereocenters. The number of nitrogens with one attached hydrogen (secondary N) is 1. The van der Waals surface area contributed by atoms with Gasteiger partial charge in [-0.2, -0.15) is 9.50 Å². The van der Waals surface area contributed by atoms with Crippen molar-refractivity contribution in [3.63, 3.8) is 0 Å². The summed E-state index contributed by atoms with van der Waals surface area (Å²) in [6.45, 7) is 4.30. The van der Waals surface area contributed by atoms with E-state index >= 15 is 0 Å². The first-order chi connectivity index (χ1) is 7.61. The van der Waals surface area contributed by atoms with Crippen LogP contribution < -0.4 is 5.32 Å². The molecule has 0 amide bonds. The molecular formula is C9H11N5O2. The first-order valence-electron chi connectivity index (χ1n) is 4.83. The van der Waals surface area contributed by atoms with Crippen LogP contribution >= 0.6 is 0 Å².